The summed E-state index contributed by atoms with van der Waals surface area (Å²) in [7, 11) is 4.98. The van der Waals surface area contributed by atoms with Gasteiger partial charge >= 0.3 is 0 Å². The zero-order valence-electron chi connectivity index (χ0n) is 11.8. The number of nitrogens with zero attached hydrogens (tertiary/aromatic N) is 1. The average Bonchev–Trinajstić information content (AvgIpc) is 2.40. The molecule has 1 aromatic rings. The van der Waals surface area contributed by atoms with Crippen LogP contribution < -0.4 is 9.47 Å². The highest BCUT2D eigenvalue weighted by Crippen LogP contribution is 2.32. The van der Waals surface area contributed by atoms with Crippen molar-refractivity contribution in [2.75, 3.05) is 27.8 Å². The summed E-state index contributed by atoms with van der Waals surface area (Å²) in [4.78, 5) is 14.2. The topological polar surface area (TPSA) is 38.8 Å². The molecule has 19 heavy (non-hydrogen) atoms. The van der Waals surface area contributed by atoms with E-state index in [0.717, 1.165) is 6.54 Å². The molecule has 0 radical (unpaired) electrons. The van der Waals surface area contributed by atoms with E-state index in [9.17, 15) is 4.79 Å². The van der Waals surface area contributed by atoms with Crippen molar-refractivity contribution in [1.82, 2.24) is 4.90 Å². The molecule has 1 aromatic carbocycles. The van der Waals surface area contributed by atoms with Crippen LogP contribution in [0.2, 0.25) is 0 Å². The predicted octanol–water partition coefficient (Wildman–Crippen LogP) is 2.58. The average molecular weight is 263 g/mol. The number of para-hydroxylation sites is 1. The van der Waals surface area contributed by atoms with Crippen LogP contribution in [0.4, 0.5) is 0 Å². The summed E-state index contributed by atoms with van der Waals surface area (Å²) in [5.74, 6) is 1.74. The summed E-state index contributed by atoms with van der Waals surface area (Å²) < 4.78 is 10.5. The van der Waals surface area contributed by atoms with Crippen molar-refractivity contribution >= 4 is 5.91 Å². The van der Waals surface area contributed by atoms with E-state index >= 15 is 0 Å². The minimum atomic E-state index is -0.0114. The van der Waals surface area contributed by atoms with Crippen molar-refractivity contribution < 1.29 is 14.3 Å². The van der Waals surface area contributed by atoms with Gasteiger partial charge in [0.15, 0.2) is 11.5 Å². The van der Waals surface area contributed by atoms with E-state index in [1.165, 1.54) is 19.3 Å². The van der Waals surface area contributed by atoms with Crippen molar-refractivity contribution in [3.8, 4) is 11.5 Å². The molecule has 1 aliphatic rings. The summed E-state index contributed by atoms with van der Waals surface area (Å²) >= 11 is 0. The van der Waals surface area contributed by atoms with Gasteiger partial charge in [-0.3, -0.25) is 4.79 Å². The summed E-state index contributed by atoms with van der Waals surface area (Å²) in [6.07, 6.45) is 3.74. The van der Waals surface area contributed by atoms with Crippen LogP contribution in [-0.2, 0) is 0 Å². The number of methoxy groups -OCH3 is 2. The molecule has 0 heterocycles. The standard InChI is InChI=1S/C15H21NO3/c1-16(10-11-6-4-7-11)15(17)12-8-5-9-13(18-2)14(12)19-3/h5,8-9,11H,4,6-7,10H2,1-3H3. The van der Waals surface area contributed by atoms with Crippen molar-refractivity contribution in [2.45, 2.75) is 19.3 Å². The number of hydrogen-bond acceptors (Lipinski definition) is 3. The lowest BCUT2D eigenvalue weighted by molar-refractivity contribution is 0.0741. The monoisotopic (exact) mass is 263 g/mol. The van der Waals surface area contributed by atoms with Crippen molar-refractivity contribution in [3.05, 3.63) is 23.8 Å². The Morgan fingerprint density at radius 2 is 2.05 bits per heavy atom. The molecule has 1 saturated carbocycles. The summed E-state index contributed by atoms with van der Waals surface area (Å²) in [5, 5.41) is 0. The van der Waals surface area contributed by atoms with Crippen molar-refractivity contribution in [2.24, 2.45) is 5.92 Å². The molecular formula is C15H21NO3. The van der Waals surface area contributed by atoms with E-state index in [-0.39, 0.29) is 5.91 Å². The van der Waals surface area contributed by atoms with Gasteiger partial charge in [0, 0.05) is 13.6 Å². The fourth-order valence-electron chi connectivity index (χ4n) is 2.41. The molecule has 0 saturated heterocycles. The minimum absolute atomic E-state index is 0.0114. The van der Waals surface area contributed by atoms with Crippen LogP contribution in [-0.4, -0.2) is 38.6 Å². The summed E-state index contributed by atoms with van der Waals surface area (Å²) in [6, 6.07) is 5.38. The predicted molar refractivity (Wildman–Crippen MR) is 73.8 cm³/mol. The highest BCUT2D eigenvalue weighted by molar-refractivity contribution is 5.97. The Hall–Kier alpha value is -1.71. The molecule has 0 bridgehead atoms. The van der Waals surface area contributed by atoms with Gasteiger partial charge in [-0.2, -0.15) is 0 Å². The zero-order chi connectivity index (χ0) is 13.8. The Kier molecular flexibility index (Phi) is 4.30. The fourth-order valence-corrected chi connectivity index (χ4v) is 2.41. The van der Waals surface area contributed by atoms with Gasteiger partial charge in [0.1, 0.15) is 0 Å². The molecule has 1 fully saturated rings. The van der Waals surface area contributed by atoms with Gasteiger partial charge in [0.25, 0.3) is 5.91 Å². The molecule has 1 aliphatic carbocycles. The molecule has 0 aromatic heterocycles. The normalized spacial score (nSPS) is 14.7. The zero-order valence-corrected chi connectivity index (χ0v) is 11.8. The van der Waals surface area contributed by atoms with Crippen LogP contribution in [0.15, 0.2) is 18.2 Å². The molecule has 4 nitrogen and oxygen atoms in total. The fraction of sp³-hybridized carbons (Fsp3) is 0.533. The van der Waals surface area contributed by atoms with E-state index in [2.05, 4.69) is 0 Å². The molecule has 104 valence electrons. The Labute approximate surface area is 114 Å². The van der Waals surface area contributed by atoms with E-state index in [1.807, 2.05) is 13.1 Å². The summed E-state index contributed by atoms with van der Waals surface area (Å²) in [6.45, 7) is 0.819. The van der Waals surface area contributed by atoms with Gasteiger partial charge in [-0.05, 0) is 30.9 Å². The molecule has 0 aliphatic heterocycles. The number of amides is 1. The van der Waals surface area contributed by atoms with E-state index < -0.39 is 0 Å². The molecule has 0 spiro atoms. The Bertz CT molecular complexity index is 455. The second-order valence-electron chi connectivity index (χ2n) is 5.02. The van der Waals surface area contributed by atoms with Crippen molar-refractivity contribution in [1.29, 1.82) is 0 Å². The van der Waals surface area contributed by atoms with Crippen LogP contribution >= 0.6 is 0 Å². The van der Waals surface area contributed by atoms with Crippen LogP contribution in [0.5, 0.6) is 11.5 Å². The number of benzene rings is 1. The first kappa shape index (κ1) is 13.7. The van der Waals surface area contributed by atoms with E-state index in [1.54, 1.807) is 31.3 Å². The van der Waals surface area contributed by atoms with Crippen molar-refractivity contribution in [3.63, 3.8) is 0 Å². The first-order chi connectivity index (χ1) is 9.17. The quantitative estimate of drug-likeness (QED) is 0.819. The van der Waals surface area contributed by atoms with Gasteiger partial charge < -0.3 is 14.4 Å². The first-order valence-corrected chi connectivity index (χ1v) is 6.63. The van der Waals surface area contributed by atoms with Crippen LogP contribution in [0.1, 0.15) is 29.6 Å². The molecule has 1 amide bonds. The van der Waals surface area contributed by atoms with Crippen LogP contribution in [0.25, 0.3) is 0 Å². The number of ether oxygens (including phenoxy) is 2. The smallest absolute Gasteiger partial charge is 0.257 e. The SMILES string of the molecule is COc1cccc(C(=O)N(C)CC2CCC2)c1OC. The number of rotatable bonds is 5. The second kappa shape index (κ2) is 5.95. The van der Waals surface area contributed by atoms with Gasteiger partial charge in [-0.15, -0.1) is 0 Å². The molecule has 4 heteroatoms. The van der Waals surface area contributed by atoms with E-state index in [4.69, 9.17) is 9.47 Å². The van der Waals surface area contributed by atoms with Gasteiger partial charge in [-0.1, -0.05) is 12.5 Å². The maximum absolute atomic E-state index is 12.5. The maximum Gasteiger partial charge on any atom is 0.257 e. The lowest BCUT2D eigenvalue weighted by Crippen LogP contribution is -2.34. The number of hydrogen-bond donors (Lipinski definition) is 0. The third kappa shape index (κ3) is 2.83. The highest BCUT2D eigenvalue weighted by Gasteiger charge is 2.24. The van der Waals surface area contributed by atoms with Gasteiger partial charge in [-0.25, -0.2) is 0 Å². The lowest BCUT2D eigenvalue weighted by Gasteiger charge is -2.30. The number of carbonyl (C=O) groups is 1. The van der Waals surface area contributed by atoms with E-state index in [0.29, 0.717) is 23.0 Å². The molecule has 0 unspecified atom stereocenters. The maximum atomic E-state index is 12.5. The Morgan fingerprint density at radius 3 is 2.58 bits per heavy atom. The Morgan fingerprint density at radius 1 is 1.32 bits per heavy atom. The van der Waals surface area contributed by atoms with Gasteiger partial charge in [0.2, 0.25) is 0 Å². The minimum Gasteiger partial charge on any atom is -0.493 e. The molecular weight excluding hydrogens is 242 g/mol. The lowest BCUT2D eigenvalue weighted by atomic mass is 9.85. The Balaban J connectivity index is 2.17. The number of carbonyl (C=O) groups excluding carboxylic acids is 1. The van der Waals surface area contributed by atoms with Crippen LogP contribution in [0, 0.1) is 5.92 Å². The molecule has 2 rings (SSSR count). The van der Waals surface area contributed by atoms with Crippen LogP contribution in [0.3, 0.4) is 0 Å². The largest absolute Gasteiger partial charge is 0.493 e. The molecule has 0 N–H and O–H groups in total. The van der Waals surface area contributed by atoms with Gasteiger partial charge in [0.05, 0.1) is 19.8 Å². The third-order valence-corrected chi connectivity index (χ3v) is 3.74. The summed E-state index contributed by atoms with van der Waals surface area (Å²) in [5.41, 5.74) is 0.559. The molecule has 0 atom stereocenters. The third-order valence-electron chi connectivity index (χ3n) is 3.74. The first-order valence-electron chi connectivity index (χ1n) is 6.63. The second-order valence-corrected chi connectivity index (χ2v) is 5.02. The highest BCUT2D eigenvalue weighted by atomic mass is 16.5.